The van der Waals surface area contributed by atoms with Gasteiger partial charge < -0.3 is 20.4 Å². The quantitative estimate of drug-likeness (QED) is 0.337. The molecule has 1 unspecified atom stereocenters. The monoisotopic (exact) mass is 447 g/mol. The van der Waals surface area contributed by atoms with Crippen LogP contribution in [0.15, 0.2) is 52.2 Å². The van der Waals surface area contributed by atoms with Crippen molar-refractivity contribution in [1.82, 2.24) is 15.3 Å². The minimum Gasteiger partial charge on any atom is -0.449 e. The van der Waals surface area contributed by atoms with Crippen LogP contribution >= 0.6 is 0 Å². The van der Waals surface area contributed by atoms with E-state index in [1.165, 1.54) is 49.4 Å². The van der Waals surface area contributed by atoms with Crippen molar-refractivity contribution in [1.29, 1.82) is 0 Å². The maximum Gasteiger partial charge on any atom is 0.341 e. The number of H-pyrrole nitrogens is 2. The smallest absolute Gasteiger partial charge is 0.341 e. The number of imide groups is 1. The van der Waals surface area contributed by atoms with E-state index in [1.54, 1.807) is 5.32 Å². The molecule has 2 aromatic carbocycles. The lowest BCUT2D eigenvalue weighted by molar-refractivity contribution is -0.127. The topological polar surface area (TPSA) is 193 Å². The van der Waals surface area contributed by atoms with Crippen LogP contribution in [0.4, 0.5) is 10.5 Å². The number of nitrogens with two attached hydrogens (primary N) is 1. The summed E-state index contributed by atoms with van der Waals surface area (Å²) in [4.78, 5) is 51.1. The number of para-hydroxylation sites is 1. The molecule has 3 aromatic rings. The number of nitrogens with one attached hydrogen (secondary N) is 4. The van der Waals surface area contributed by atoms with E-state index in [9.17, 15) is 27.6 Å². The molecule has 0 spiro atoms. The minimum atomic E-state index is -4.15. The average molecular weight is 447 g/mol. The van der Waals surface area contributed by atoms with Crippen molar-refractivity contribution < 1.29 is 27.5 Å². The van der Waals surface area contributed by atoms with Gasteiger partial charge in [0.1, 0.15) is 0 Å². The van der Waals surface area contributed by atoms with E-state index in [4.69, 9.17) is 10.5 Å². The van der Waals surface area contributed by atoms with Gasteiger partial charge in [-0.15, -0.1) is 0 Å². The van der Waals surface area contributed by atoms with Crippen LogP contribution in [0.2, 0.25) is 0 Å². The number of imidazole rings is 1. The minimum absolute atomic E-state index is 0.0994. The number of rotatable bonds is 6. The van der Waals surface area contributed by atoms with Gasteiger partial charge in [-0.3, -0.25) is 14.8 Å². The highest BCUT2D eigenvalue weighted by molar-refractivity contribution is 7.92. The molecule has 6 N–H and O–H groups in total. The van der Waals surface area contributed by atoms with Crippen LogP contribution < -0.4 is 21.5 Å². The fraction of sp³-hybridized carbons (Fsp3) is 0.111. The Balaban J connectivity index is 1.85. The number of benzene rings is 2. The number of primary amides is 1. The fourth-order valence-corrected chi connectivity index (χ4v) is 3.74. The van der Waals surface area contributed by atoms with E-state index in [0.717, 1.165) is 0 Å². The Morgan fingerprint density at radius 3 is 2.45 bits per heavy atom. The van der Waals surface area contributed by atoms with Crippen molar-refractivity contribution in [3.8, 4) is 0 Å². The van der Waals surface area contributed by atoms with E-state index in [-0.39, 0.29) is 21.7 Å². The fourth-order valence-electron chi connectivity index (χ4n) is 2.63. The Bertz CT molecular complexity index is 1340. The molecule has 162 valence electrons. The third-order valence-corrected chi connectivity index (χ3v) is 5.45. The SMILES string of the molecule is CC(OC(=O)c1ccccc1NS(=O)(=O)c1ccc2[nH]c(=O)[nH]c2c1)C(=O)NC(N)=O. The molecule has 1 aromatic heterocycles. The van der Waals surface area contributed by atoms with Crippen LogP contribution in [0.1, 0.15) is 17.3 Å². The van der Waals surface area contributed by atoms with Crippen molar-refractivity contribution in [3.63, 3.8) is 0 Å². The molecule has 12 nitrogen and oxygen atoms in total. The maximum atomic E-state index is 12.8. The molecular weight excluding hydrogens is 430 g/mol. The number of hydrogen-bond donors (Lipinski definition) is 5. The van der Waals surface area contributed by atoms with E-state index >= 15 is 0 Å². The number of anilines is 1. The average Bonchev–Trinajstić information content (AvgIpc) is 3.06. The van der Waals surface area contributed by atoms with Crippen LogP contribution in [-0.4, -0.2) is 42.4 Å². The van der Waals surface area contributed by atoms with Crippen molar-refractivity contribution in [2.75, 3.05) is 4.72 Å². The number of aromatic nitrogens is 2. The molecule has 0 aliphatic rings. The summed E-state index contributed by atoms with van der Waals surface area (Å²) in [5, 5.41) is 1.77. The van der Waals surface area contributed by atoms with Gasteiger partial charge in [0.05, 0.1) is 27.2 Å². The number of aromatic amines is 2. The summed E-state index contributed by atoms with van der Waals surface area (Å²) in [6, 6.07) is 8.44. The molecule has 13 heteroatoms. The summed E-state index contributed by atoms with van der Waals surface area (Å²) >= 11 is 0. The Morgan fingerprint density at radius 1 is 1.06 bits per heavy atom. The molecule has 31 heavy (non-hydrogen) atoms. The van der Waals surface area contributed by atoms with Gasteiger partial charge in [-0.1, -0.05) is 12.1 Å². The Kier molecular flexibility index (Phi) is 5.79. The number of amides is 3. The number of carbonyl (C=O) groups is 3. The molecule has 0 radical (unpaired) electrons. The van der Waals surface area contributed by atoms with Crippen LogP contribution in [0.25, 0.3) is 11.0 Å². The Morgan fingerprint density at radius 2 is 1.74 bits per heavy atom. The van der Waals surface area contributed by atoms with Gasteiger partial charge in [0.25, 0.3) is 15.9 Å². The van der Waals surface area contributed by atoms with Gasteiger partial charge in [0.2, 0.25) is 0 Å². The second-order valence-corrected chi connectivity index (χ2v) is 8.02. The number of fused-ring (bicyclic) bond motifs is 1. The van der Waals surface area contributed by atoms with Crippen LogP contribution in [0, 0.1) is 0 Å². The van der Waals surface area contributed by atoms with Crippen molar-refractivity contribution >= 4 is 44.7 Å². The summed E-state index contributed by atoms with van der Waals surface area (Å²) < 4.78 is 32.9. The number of hydrogen-bond acceptors (Lipinski definition) is 7. The number of ether oxygens (including phenoxy) is 1. The molecule has 1 heterocycles. The van der Waals surface area contributed by atoms with E-state index in [2.05, 4.69) is 14.7 Å². The summed E-state index contributed by atoms with van der Waals surface area (Å²) in [7, 11) is -4.15. The first-order chi connectivity index (χ1) is 14.6. The summed E-state index contributed by atoms with van der Waals surface area (Å²) in [5.74, 6) is -1.94. The zero-order valence-electron chi connectivity index (χ0n) is 16.0. The summed E-state index contributed by atoms with van der Waals surface area (Å²) in [6.45, 7) is 1.22. The predicted molar refractivity (Wildman–Crippen MR) is 109 cm³/mol. The largest absolute Gasteiger partial charge is 0.449 e. The van der Waals surface area contributed by atoms with Crippen molar-refractivity contribution in [2.24, 2.45) is 5.73 Å². The molecule has 1 atom stereocenters. The van der Waals surface area contributed by atoms with Crippen LogP contribution in [-0.2, 0) is 19.6 Å². The lowest BCUT2D eigenvalue weighted by Crippen LogP contribution is -2.42. The highest BCUT2D eigenvalue weighted by Crippen LogP contribution is 2.23. The van der Waals surface area contributed by atoms with Gasteiger partial charge in [-0.05, 0) is 37.3 Å². The van der Waals surface area contributed by atoms with Gasteiger partial charge in [-0.25, -0.2) is 22.8 Å². The summed E-state index contributed by atoms with van der Waals surface area (Å²) in [5.41, 5.74) is 4.81. The molecule has 3 amide bonds. The highest BCUT2D eigenvalue weighted by Gasteiger charge is 2.24. The lowest BCUT2D eigenvalue weighted by atomic mass is 10.2. The zero-order chi connectivity index (χ0) is 22.8. The first kappa shape index (κ1) is 21.6. The van der Waals surface area contributed by atoms with Gasteiger partial charge in [-0.2, -0.15) is 0 Å². The first-order valence-corrected chi connectivity index (χ1v) is 10.2. The van der Waals surface area contributed by atoms with E-state index < -0.39 is 39.7 Å². The van der Waals surface area contributed by atoms with Crippen LogP contribution in [0.3, 0.4) is 0 Å². The number of carbonyl (C=O) groups excluding carboxylic acids is 3. The number of urea groups is 1. The van der Waals surface area contributed by atoms with Gasteiger partial charge in [0, 0.05) is 0 Å². The molecule has 0 saturated heterocycles. The zero-order valence-corrected chi connectivity index (χ0v) is 16.8. The lowest BCUT2D eigenvalue weighted by Gasteiger charge is -2.15. The third kappa shape index (κ3) is 4.90. The van der Waals surface area contributed by atoms with E-state index in [1.807, 2.05) is 0 Å². The third-order valence-electron chi connectivity index (χ3n) is 4.09. The Labute approximate surface area is 174 Å². The molecular formula is C18H17N5O7S. The predicted octanol–water partition coefficient (Wildman–Crippen LogP) is 0.397. The second-order valence-electron chi connectivity index (χ2n) is 6.34. The van der Waals surface area contributed by atoms with Crippen molar-refractivity contribution in [3.05, 3.63) is 58.5 Å². The second kappa shape index (κ2) is 8.31. The number of sulfonamides is 1. The normalized spacial score (nSPS) is 12.2. The Hall–Kier alpha value is -4.13. The molecule has 0 bridgehead atoms. The maximum absolute atomic E-state index is 12.8. The van der Waals surface area contributed by atoms with Gasteiger partial charge in [0.15, 0.2) is 6.10 Å². The van der Waals surface area contributed by atoms with Crippen LogP contribution in [0.5, 0.6) is 0 Å². The van der Waals surface area contributed by atoms with Crippen molar-refractivity contribution in [2.45, 2.75) is 17.9 Å². The first-order valence-electron chi connectivity index (χ1n) is 8.72. The molecule has 0 aliphatic carbocycles. The molecule has 0 saturated carbocycles. The van der Waals surface area contributed by atoms with E-state index in [0.29, 0.717) is 5.52 Å². The summed E-state index contributed by atoms with van der Waals surface area (Å²) in [6.07, 6.45) is -1.36. The molecule has 0 fully saturated rings. The number of esters is 1. The molecule has 3 rings (SSSR count). The van der Waals surface area contributed by atoms with Gasteiger partial charge >= 0.3 is 17.7 Å². The standard InChI is InChI=1S/C18H17N5O7S/c1-9(15(24)22-17(19)26)30-16(25)11-4-2-3-5-12(11)23-31(28,29)10-6-7-13-14(8-10)21-18(27)20-13/h2-9,23H,1H3,(H2,20,21,27)(H3,19,22,24,26). The highest BCUT2D eigenvalue weighted by atomic mass is 32.2. The molecule has 0 aliphatic heterocycles.